The minimum absolute atomic E-state index is 0.177. The smallest absolute Gasteiger partial charge is 0.0617 e. The monoisotopic (exact) mass is 151 g/mol. The van der Waals surface area contributed by atoms with Crippen molar-refractivity contribution in [3.8, 4) is 0 Å². The molecule has 1 aromatic heterocycles. The van der Waals surface area contributed by atoms with Crippen LogP contribution in [0.15, 0.2) is 24.4 Å². The van der Waals surface area contributed by atoms with Gasteiger partial charge in [0.2, 0.25) is 0 Å². The van der Waals surface area contributed by atoms with E-state index in [4.69, 9.17) is 5.73 Å². The molecule has 1 heterocycles. The van der Waals surface area contributed by atoms with Gasteiger partial charge >= 0.3 is 0 Å². The molecule has 0 fully saturated rings. The van der Waals surface area contributed by atoms with Crippen LogP contribution in [0.1, 0.15) is 11.7 Å². The van der Waals surface area contributed by atoms with Crippen LogP contribution in [-0.4, -0.2) is 18.6 Å². The first-order chi connectivity index (χ1) is 5.38. The van der Waals surface area contributed by atoms with Crippen LogP contribution in [0.2, 0.25) is 0 Å². The Balaban J connectivity index is 2.74. The van der Waals surface area contributed by atoms with Crippen LogP contribution >= 0.6 is 0 Å². The summed E-state index contributed by atoms with van der Waals surface area (Å²) < 4.78 is 0. The highest BCUT2D eigenvalue weighted by molar-refractivity contribution is 5.08. The zero-order valence-electron chi connectivity index (χ0n) is 6.62. The first kappa shape index (κ1) is 8.17. The van der Waals surface area contributed by atoms with Crippen LogP contribution in [0.3, 0.4) is 0 Å². The standard InChI is InChI=1S/C8H13N3/c1-10-8(6-9)7-4-2-3-5-11-7/h2-5,8,10H,6,9H2,1H3. The second-order valence-electron chi connectivity index (χ2n) is 2.33. The average Bonchev–Trinajstić information content (AvgIpc) is 2.09. The van der Waals surface area contributed by atoms with Gasteiger partial charge in [-0.1, -0.05) is 6.07 Å². The number of nitrogens with one attached hydrogen (secondary N) is 1. The first-order valence-electron chi connectivity index (χ1n) is 3.66. The van der Waals surface area contributed by atoms with E-state index in [-0.39, 0.29) is 6.04 Å². The van der Waals surface area contributed by atoms with Crippen LogP contribution in [0, 0.1) is 0 Å². The molecule has 0 saturated carbocycles. The second-order valence-corrected chi connectivity index (χ2v) is 2.33. The summed E-state index contributed by atoms with van der Waals surface area (Å²) in [5.41, 5.74) is 6.51. The molecule has 1 unspecified atom stereocenters. The third-order valence-corrected chi connectivity index (χ3v) is 1.63. The molecule has 0 bridgehead atoms. The molecular formula is C8H13N3. The Morgan fingerprint density at radius 3 is 2.91 bits per heavy atom. The lowest BCUT2D eigenvalue weighted by molar-refractivity contribution is 0.589. The highest BCUT2D eigenvalue weighted by atomic mass is 14.9. The first-order valence-corrected chi connectivity index (χ1v) is 3.66. The van der Waals surface area contributed by atoms with Crippen molar-refractivity contribution in [3.63, 3.8) is 0 Å². The van der Waals surface area contributed by atoms with Crippen molar-refractivity contribution < 1.29 is 0 Å². The quantitative estimate of drug-likeness (QED) is 0.653. The Hall–Kier alpha value is -0.930. The molecule has 11 heavy (non-hydrogen) atoms. The maximum absolute atomic E-state index is 5.51. The molecular weight excluding hydrogens is 138 g/mol. The fraction of sp³-hybridized carbons (Fsp3) is 0.375. The van der Waals surface area contributed by atoms with E-state index in [0.717, 1.165) is 5.69 Å². The van der Waals surface area contributed by atoms with E-state index in [1.807, 2.05) is 25.2 Å². The number of nitrogens with zero attached hydrogens (tertiary/aromatic N) is 1. The molecule has 1 atom stereocenters. The summed E-state index contributed by atoms with van der Waals surface area (Å²) in [5, 5.41) is 3.08. The largest absolute Gasteiger partial charge is 0.329 e. The number of hydrogen-bond donors (Lipinski definition) is 2. The Kier molecular flexibility index (Phi) is 3.01. The summed E-state index contributed by atoms with van der Waals surface area (Å²) in [6.45, 7) is 0.577. The topological polar surface area (TPSA) is 50.9 Å². The summed E-state index contributed by atoms with van der Waals surface area (Å²) in [5.74, 6) is 0. The maximum atomic E-state index is 5.51. The van der Waals surface area contributed by atoms with Crippen LogP contribution in [0.25, 0.3) is 0 Å². The van der Waals surface area contributed by atoms with Crippen molar-refractivity contribution in [2.75, 3.05) is 13.6 Å². The minimum atomic E-state index is 0.177. The van der Waals surface area contributed by atoms with Gasteiger partial charge in [-0.2, -0.15) is 0 Å². The Morgan fingerprint density at radius 2 is 2.45 bits per heavy atom. The number of rotatable bonds is 3. The highest BCUT2D eigenvalue weighted by Gasteiger charge is 2.05. The van der Waals surface area contributed by atoms with Gasteiger partial charge in [-0.05, 0) is 19.2 Å². The normalized spacial score (nSPS) is 12.9. The molecule has 1 aromatic rings. The van der Waals surface area contributed by atoms with Gasteiger partial charge in [0, 0.05) is 12.7 Å². The number of likely N-dealkylation sites (N-methyl/N-ethyl adjacent to an activating group) is 1. The number of aromatic nitrogens is 1. The number of nitrogens with two attached hydrogens (primary N) is 1. The van der Waals surface area contributed by atoms with Crippen molar-refractivity contribution in [2.45, 2.75) is 6.04 Å². The van der Waals surface area contributed by atoms with E-state index < -0.39 is 0 Å². The van der Waals surface area contributed by atoms with Crippen LogP contribution < -0.4 is 11.1 Å². The summed E-state index contributed by atoms with van der Waals surface area (Å²) in [7, 11) is 1.88. The van der Waals surface area contributed by atoms with Gasteiger partial charge in [0.15, 0.2) is 0 Å². The lowest BCUT2D eigenvalue weighted by Gasteiger charge is -2.11. The van der Waals surface area contributed by atoms with E-state index in [0.29, 0.717) is 6.54 Å². The van der Waals surface area contributed by atoms with E-state index >= 15 is 0 Å². The van der Waals surface area contributed by atoms with Crippen molar-refractivity contribution in [1.29, 1.82) is 0 Å². The van der Waals surface area contributed by atoms with Gasteiger partial charge in [-0.3, -0.25) is 4.98 Å². The number of pyridine rings is 1. The molecule has 3 N–H and O–H groups in total. The molecule has 60 valence electrons. The van der Waals surface area contributed by atoms with Gasteiger partial charge in [0.1, 0.15) is 0 Å². The van der Waals surface area contributed by atoms with Gasteiger partial charge in [-0.15, -0.1) is 0 Å². The molecule has 0 radical (unpaired) electrons. The molecule has 0 saturated heterocycles. The maximum Gasteiger partial charge on any atom is 0.0617 e. The number of hydrogen-bond acceptors (Lipinski definition) is 3. The van der Waals surface area contributed by atoms with Gasteiger partial charge in [0.05, 0.1) is 11.7 Å². The SMILES string of the molecule is CNC(CN)c1ccccn1. The van der Waals surface area contributed by atoms with E-state index in [1.54, 1.807) is 6.20 Å². The summed E-state index contributed by atoms with van der Waals surface area (Å²) in [6, 6.07) is 6.00. The van der Waals surface area contributed by atoms with Crippen LogP contribution in [0.5, 0.6) is 0 Å². The van der Waals surface area contributed by atoms with Crippen LogP contribution in [0.4, 0.5) is 0 Å². The van der Waals surface area contributed by atoms with Gasteiger partial charge in [-0.25, -0.2) is 0 Å². The fourth-order valence-electron chi connectivity index (χ4n) is 0.969. The third-order valence-electron chi connectivity index (χ3n) is 1.63. The Morgan fingerprint density at radius 1 is 1.64 bits per heavy atom. The zero-order chi connectivity index (χ0) is 8.10. The summed E-state index contributed by atoms with van der Waals surface area (Å²) >= 11 is 0. The minimum Gasteiger partial charge on any atom is -0.329 e. The van der Waals surface area contributed by atoms with E-state index in [2.05, 4.69) is 10.3 Å². The fourth-order valence-corrected chi connectivity index (χ4v) is 0.969. The third kappa shape index (κ3) is 2.00. The van der Waals surface area contributed by atoms with Crippen molar-refractivity contribution in [2.24, 2.45) is 5.73 Å². The van der Waals surface area contributed by atoms with Crippen LogP contribution in [-0.2, 0) is 0 Å². The molecule has 0 aromatic carbocycles. The molecule has 0 aliphatic carbocycles. The van der Waals surface area contributed by atoms with E-state index in [9.17, 15) is 0 Å². The van der Waals surface area contributed by atoms with Crippen molar-refractivity contribution in [1.82, 2.24) is 10.3 Å². The van der Waals surface area contributed by atoms with Crippen molar-refractivity contribution in [3.05, 3.63) is 30.1 Å². The molecule has 0 aliphatic heterocycles. The summed E-state index contributed by atoms with van der Waals surface area (Å²) in [6.07, 6.45) is 1.77. The average molecular weight is 151 g/mol. The molecule has 0 aliphatic rings. The lowest BCUT2D eigenvalue weighted by Crippen LogP contribution is -2.25. The van der Waals surface area contributed by atoms with Crippen molar-refractivity contribution >= 4 is 0 Å². The second kappa shape index (κ2) is 4.05. The molecule has 3 nitrogen and oxygen atoms in total. The molecule has 3 heteroatoms. The van der Waals surface area contributed by atoms with Gasteiger partial charge in [0.25, 0.3) is 0 Å². The predicted molar refractivity (Wildman–Crippen MR) is 45.1 cm³/mol. The summed E-state index contributed by atoms with van der Waals surface area (Å²) in [4.78, 5) is 4.18. The molecule has 1 rings (SSSR count). The Labute approximate surface area is 66.6 Å². The zero-order valence-corrected chi connectivity index (χ0v) is 6.62. The van der Waals surface area contributed by atoms with E-state index in [1.165, 1.54) is 0 Å². The highest BCUT2D eigenvalue weighted by Crippen LogP contribution is 2.05. The molecule has 0 spiro atoms. The lowest BCUT2D eigenvalue weighted by atomic mass is 10.2. The van der Waals surface area contributed by atoms with Gasteiger partial charge < -0.3 is 11.1 Å². The Bertz CT molecular complexity index is 194. The predicted octanol–water partition coefficient (Wildman–Crippen LogP) is 0.301. The molecule has 0 amide bonds.